The lowest BCUT2D eigenvalue weighted by atomic mass is 10.3. The van der Waals surface area contributed by atoms with E-state index < -0.39 is 0 Å². The SMILES string of the molecule is CCC1CC1NC(=O)c1ccc(NC)nn1. The van der Waals surface area contributed by atoms with Crippen LogP contribution in [0.3, 0.4) is 0 Å². The number of nitrogens with zero attached hydrogens (tertiary/aromatic N) is 2. The number of nitrogens with one attached hydrogen (secondary N) is 2. The van der Waals surface area contributed by atoms with Crippen molar-refractivity contribution in [2.24, 2.45) is 5.92 Å². The Morgan fingerprint density at radius 1 is 1.50 bits per heavy atom. The summed E-state index contributed by atoms with van der Waals surface area (Å²) in [7, 11) is 1.76. The van der Waals surface area contributed by atoms with Gasteiger partial charge in [0.1, 0.15) is 5.82 Å². The summed E-state index contributed by atoms with van der Waals surface area (Å²) in [5.74, 6) is 1.18. The van der Waals surface area contributed by atoms with Crippen LogP contribution in [0.2, 0.25) is 0 Å². The molecule has 5 heteroatoms. The van der Waals surface area contributed by atoms with E-state index in [1.165, 1.54) is 0 Å². The third-order valence-corrected chi connectivity index (χ3v) is 2.92. The fourth-order valence-electron chi connectivity index (χ4n) is 1.70. The highest BCUT2D eigenvalue weighted by molar-refractivity contribution is 5.92. The molecule has 0 saturated heterocycles. The number of hydrogen-bond acceptors (Lipinski definition) is 4. The van der Waals surface area contributed by atoms with E-state index in [1.807, 2.05) is 0 Å². The number of amides is 1. The van der Waals surface area contributed by atoms with Crippen molar-refractivity contribution < 1.29 is 4.79 Å². The van der Waals surface area contributed by atoms with Crippen LogP contribution in [0.1, 0.15) is 30.3 Å². The van der Waals surface area contributed by atoms with Gasteiger partial charge in [0.2, 0.25) is 0 Å². The molecule has 16 heavy (non-hydrogen) atoms. The van der Waals surface area contributed by atoms with Gasteiger partial charge in [-0.05, 0) is 24.5 Å². The first-order valence-corrected chi connectivity index (χ1v) is 5.57. The highest BCUT2D eigenvalue weighted by Gasteiger charge is 2.36. The molecule has 2 atom stereocenters. The first-order valence-electron chi connectivity index (χ1n) is 5.57. The smallest absolute Gasteiger partial charge is 0.272 e. The zero-order valence-corrected chi connectivity index (χ0v) is 9.53. The first-order chi connectivity index (χ1) is 7.74. The van der Waals surface area contributed by atoms with Crippen LogP contribution in [-0.2, 0) is 0 Å². The molecule has 0 aromatic carbocycles. The largest absolute Gasteiger partial charge is 0.372 e. The minimum absolute atomic E-state index is 0.129. The van der Waals surface area contributed by atoms with Crippen LogP contribution in [0.25, 0.3) is 0 Å². The molecule has 2 rings (SSSR count). The average molecular weight is 220 g/mol. The minimum Gasteiger partial charge on any atom is -0.372 e. The Hall–Kier alpha value is -1.65. The number of hydrogen-bond donors (Lipinski definition) is 2. The quantitative estimate of drug-likeness (QED) is 0.795. The highest BCUT2D eigenvalue weighted by Crippen LogP contribution is 2.33. The van der Waals surface area contributed by atoms with Gasteiger partial charge in [0.05, 0.1) is 0 Å². The lowest BCUT2D eigenvalue weighted by molar-refractivity contribution is 0.0943. The third kappa shape index (κ3) is 2.29. The van der Waals surface area contributed by atoms with E-state index in [-0.39, 0.29) is 5.91 Å². The molecule has 1 heterocycles. The monoisotopic (exact) mass is 220 g/mol. The lowest BCUT2D eigenvalue weighted by Crippen LogP contribution is -2.27. The molecule has 0 bridgehead atoms. The van der Waals surface area contributed by atoms with Gasteiger partial charge in [0.15, 0.2) is 5.69 Å². The summed E-state index contributed by atoms with van der Waals surface area (Å²) in [4.78, 5) is 11.7. The Kier molecular flexibility index (Phi) is 3.03. The van der Waals surface area contributed by atoms with Gasteiger partial charge in [0, 0.05) is 13.1 Å². The fraction of sp³-hybridized carbons (Fsp3) is 0.545. The van der Waals surface area contributed by atoms with E-state index >= 15 is 0 Å². The van der Waals surface area contributed by atoms with Gasteiger partial charge in [0.25, 0.3) is 5.91 Å². The highest BCUT2D eigenvalue weighted by atomic mass is 16.2. The molecule has 0 spiro atoms. The molecular formula is C11H16N4O. The number of carbonyl (C=O) groups excluding carboxylic acids is 1. The Balaban J connectivity index is 1.93. The number of rotatable bonds is 4. The Bertz CT molecular complexity index is 376. The van der Waals surface area contributed by atoms with Gasteiger partial charge >= 0.3 is 0 Å². The van der Waals surface area contributed by atoms with Crippen LogP contribution in [-0.4, -0.2) is 29.2 Å². The second kappa shape index (κ2) is 4.47. The molecule has 1 amide bonds. The van der Waals surface area contributed by atoms with Gasteiger partial charge in [-0.15, -0.1) is 10.2 Å². The van der Waals surface area contributed by atoms with Crippen LogP contribution >= 0.6 is 0 Å². The van der Waals surface area contributed by atoms with Gasteiger partial charge in [-0.2, -0.15) is 0 Å². The van der Waals surface area contributed by atoms with Crippen LogP contribution in [0, 0.1) is 5.92 Å². The second-order valence-corrected chi connectivity index (χ2v) is 4.04. The zero-order chi connectivity index (χ0) is 11.5. The Morgan fingerprint density at radius 2 is 2.31 bits per heavy atom. The Labute approximate surface area is 94.6 Å². The van der Waals surface area contributed by atoms with E-state index in [0.717, 1.165) is 12.8 Å². The Morgan fingerprint density at radius 3 is 2.81 bits per heavy atom. The molecule has 1 fully saturated rings. The molecule has 2 unspecified atom stereocenters. The molecule has 1 aliphatic rings. The predicted octanol–water partition coefficient (Wildman–Crippen LogP) is 1.05. The van der Waals surface area contributed by atoms with Crippen molar-refractivity contribution in [2.75, 3.05) is 12.4 Å². The minimum atomic E-state index is -0.129. The lowest BCUT2D eigenvalue weighted by Gasteiger charge is -2.03. The molecule has 86 valence electrons. The molecule has 0 aliphatic heterocycles. The van der Waals surface area contributed by atoms with Gasteiger partial charge in [-0.3, -0.25) is 4.79 Å². The predicted molar refractivity (Wildman–Crippen MR) is 61.2 cm³/mol. The van der Waals surface area contributed by atoms with Gasteiger partial charge in [-0.1, -0.05) is 13.3 Å². The molecule has 5 nitrogen and oxygen atoms in total. The first kappa shape index (κ1) is 10.9. The second-order valence-electron chi connectivity index (χ2n) is 4.04. The number of anilines is 1. The van der Waals surface area contributed by atoms with E-state index in [1.54, 1.807) is 19.2 Å². The zero-order valence-electron chi connectivity index (χ0n) is 9.53. The maximum atomic E-state index is 11.7. The van der Waals surface area contributed by atoms with E-state index in [0.29, 0.717) is 23.5 Å². The molecule has 1 aromatic heterocycles. The molecular weight excluding hydrogens is 204 g/mol. The van der Waals surface area contributed by atoms with E-state index in [9.17, 15) is 4.79 Å². The summed E-state index contributed by atoms with van der Waals surface area (Å²) in [5.41, 5.74) is 0.376. The van der Waals surface area contributed by atoms with Crippen molar-refractivity contribution in [1.82, 2.24) is 15.5 Å². The average Bonchev–Trinajstić information content (AvgIpc) is 3.07. The molecule has 2 N–H and O–H groups in total. The molecule has 1 aliphatic carbocycles. The summed E-state index contributed by atoms with van der Waals surface area (Å²) in [6, 6.07) is 3.76. The maximum absolute atomic E-state index is 11.7. The van der Waals surface area contributed by atoms with Crippen molar-refractivity contribution >= 4 is 11.7 Å². The van der Waals surface area contributed by atoms with Crippen LogP contribution in [0.5, 0.6) is 0 Å². The van der Waals surface area contributed by atoms with Crippen LogP contribution in [0.15, 0.2) is 12.1 Å². The standard InChI is InChI=1S/C11H16N4O/c1-3-7-6-9(7)13-11(16)8-4-5-10(12-2)15-14-8/h4-5,7,9H,3,6H2,1-2H3,(H,12,15)(H,13,16). The summed E-state index contributed by atoms with van der Waals surface area (Å²) in [6.07, 6.45) is 2.21. The molecule has 0 radical (unpaired) electrons. The maximum Gasteiger partial charge on any atom is 0.272 e. The van der Waals surface area contributed by atoms with Crippen molar-refractivity contribution in [3.05, 3.63) is 17.8 Å². The van der Waals surface area contributed by atoms with Crippen molar-refractivity contribution in [1.29, 1.82) is 0 Å². The molecule has 1 aromatic rings. The van der Waals surface area contributed by atoms with Crippen molar-refractivity contribution in [2.45, 2.75) is 25.8 Å². The number of aromatic nitrogens is 2. The van der Waals surface area contributed by atoms with Gasteiger partial charge < -0.3 is 10.6 Å². The van der Waals surface area contributed by atoms with Crippen molar-refractivity contribution in [3.63, 3.8) is 0 Å². The summed E-state index contributed by atoms with van der Waals surface area (Å²) < 4.78 is 0. The summed E-state index contributed by atoms with van der Waals surface area (Å²) >= 11 is 0. The number of carbonyl (C=O) groups is 1. The van der Waals surface area contributed by atoms with E-state index in [2.05, 4.69) is 27.8 Å². The van der Waals surface area contributed by atoms with Crippen LogP contribution < -0.4 is 10.6 Å². The van der Waals surface area contributed by atoms with Crippen molar-refractivity contribution in [3.8, 4) is 0 Å². The third-order valence-electron chi connectivity index (χ3n) is 2.92. The summed E-state index contributed by atoms with van der Waals surface area (Å²) in [6.45, 7) is 2.14. The van der Waals surface area contributed by atoms with Gasteiger partial charge in [-0.25, -0.2) is 0 Å². The van der Waals surface area contributed by atoms with E-state index in [4.69, 9.17) is 0 Å². The topological polar surface area (TPSA) is 66.9 Å². The fourth-order valence-corrected chi connectivity index (χ4v) is 1.70. The molecule has 1 saturated carbocycles. The normalized spacial score (nSPS) is 22.6. The summed E-state index contributed by atoms with van der Waals surface area (Å²) in [5, 5.41) is 13.5. The van der Waals surface area contributed by atoms with Crippen LogP contribution in [0.4, 0.5) is 5.82 Å².